The summed E-state index contributed by atoms with van der Waals surface area (Å²) in [7, 11) is 1.56. The number of nitrogens with one attached hydrogen (secondary N) is 1. The van der Waals surface area contributed by atoms with Gasteiger partial charge in [-0.1, -0.05) is 0 Å². The minimum atomic E-state index is 0.467. The molecule has 16 heavy (non-hydrogen) atoms. The Kier molecular flexibility index (Phi) is 3.35. The van der Waals surface area contributed by atoms with Crippen LogP contribution in [0.3, 0.4) is 0 Å². The number of aryl methyl sites for hydroxylation is 1. The summed E-state index contributed by atoms with van der Waals surface area (Å²) in [6.07, 6.45) is 3.43. The van der Waals surface area contributed by atoms with Crippen molar-refractivity contribution < 1.29 is 4.74 Å². The fourth-order valence-corrected chi connectivity index (χ4v) is 2.07. The maximum absolute atomic E-state index is 5.07. The summed E-state index contributed by atoms with van der Waals surface area (Å²) in [5.74, 6) is 0.958. The summed E-state index contributed by atoms with van der Waals surface area (Å²) in [6, 6.07) is 0. The van der Waals surface area contributed by atoms with Crippen molar-refractivity contribution in [3.63, 3.8) is 0 Å². The molecule has 0 unspecified atom stereocenters. The van der Waals surface area contributed by atoms with Gasteiger partial charge in [0.05, 0.1) is 17.8 Å². The number of methoxy groups -OCH3 is 1. The molecule has 0 bridgehead atoms. The highest BCUT2D eigenvalue weighted by Gasteiger charge is 2.06. The molecule has 7 heteroatoms. The summed E-state index contributed by atoms with van der Waals surface area (Å²) in [5.41, 5.74) is 0. The Morgan fingerprint density at radius 2 is 2.19 bits per heavy atom. The molecule has 2 aromatic rings. The van der Waals surface area contributed by atoms with Crippen molar-refractivity contribution in [3.8, 4) is 5.88 Å². The van der Waals surface area contributed by atoms with E-state index >= 15 is 0 Å². The van der Waals surface area contributed by atoms with Crippen LogP contribution in [0.4, 0.5) is 11.1 Å². The lowest BCUT2D eigenvalue weighted by Gasteiger charge is -2.04. The zero-order chi connectivity index (χ0) is 11.5. The van der Waals surface area contributed by atoms with E-state index in [0.29, 0.717) is 11.8 Å². The van der Waals surface area contributed by atoms with Crippen molar-refractivity contribution >= 4 is 38.3 Å². The first-order valence-corrected chi connectivity index (χ1v) is 6.06. The van der Waals surface area contributed by atoms with Crippen molar-refractivity contribution in [3.05, 3.63) is 21.7 Å². The van der Waals surface area contributed by atoms with Gasteiger partial charge in [0, 0.05) is 11.1 Å². The van der Waals surface area contributed by atoms with Gasteiger partial charge in [0.2, 0.25) is 11.8 Å². The smallest absolute Gasteiger partial charge is 0.232 e. The maximum Gasteiger partial charge on any atom is 0.232 e. The molecule has 0 radical (unpaired) electrons. The first kappa shape index (κ1) is 11.3. The number of hydrogen-bond acceptors (Lipinski definition) is 6. The van der Waals surface area contributed by atoms with Crippen LogP contribution < -0.4 is 10.1 Å². The minimum absolute atomic E-state index is 0.467. The van der Waals surface area contributed by atoms with Gasteiger partial charge in [-0.2, -0.15) is 4.98 Å². The Hall–Kier alpha value is -1.21. The van der Waals surface area contributed by atoms with E-state index in [9.17, 15) is 0 Å². The second-order valence-corrected chi connectivity index (χ2v) is 5.04. The fraction of sp³-hybridized carbons (Fsp3) is 0.222. The van der Waals surface area contributed by atoms with Crippen molar-refractivity contribution in [2.45, 2.75) is 6.92 Å². The topological polar surface area (TPSA) is 59.9 Å². The summed E-state index contributed by atoms with van der Waals surface area (Å²) < 4.78 is 5.79. The molecule has 0 aromatic carbocycles. The van der Waals surface area contributed by atoms with Crippen LogP contribution in [-0.2, 0) is 0 Å². The maximum atomic E-state index is 5.07. The first-order chi connectivity index (χ1) is 7.69. The normalized spacial score (nSPS) is 10.2. The highest BCUT2D eigenvalue weighted by molar-refractivity contribution is 9.10. The van der Waals surface area contributed by atoms with E-state index in [2.05, 4.69) is 36.2 Å². The van der Waals surface area contributed by atoms with Crippen molar-refractivity contribution in [2.24, 2.45) is 0 Å². The van der Waals surface area contributed by atoms with Gasteiger partial charge in [-0.05, 0) is 22.9 Å². The zero-order valence-electron chi connectivity index (χ0n) is 8.69. The average molecular weight is 301 g/mol. The predicted octanol–water partition coefficient (Wildman–Crippen LogP) is 2.76. The van der Waals surface area contributed by atoms with Crippen molar-refractivity contribution in [1.29, 1.82) is 0 Å². The molecule has 2 heterocycles. The highest BCUT2D eigenvalue weighted by Crippen LogP contribution is 2.24. The number of aromatic nitrogens is 3. The number of halogens is 1. The molecule has 0 aliphatic carbocycles. The number of ether oxygens (including phenoxy) is 1. The molecule has 2 rings (SSSR count). The van der Waals surface area contributed by atoms with Gasteiger partial charge in [0.25, 0.3) is 0 Å². The quantitative estimate of drug-likeness (QED) is 0.944. The van der Waals surface area contributed by atoms with Gasteiger partial charge in [-0.15, -0.1) is 11.3 Å². The SMILES string of the molecule is COc1nc(Nc2ncc(C)s2)ncc1Br. The van der Waals surface area contributed by atoms with Gasteiger partial charge in [-0.3, -0.25) is 5.32 Å². The third kappa shape index (κ3) is 2.48. The van der Waals surface area contributed by atoms with Crippen LogP contribution in [0.25, 0.3) is 0 Å². The van der Waals surface area contributed by atoms with E-state index in [1.165, 1.54) is 0 Å². The standard InChI is InChI=1S/C9H9BrN4OS/c1-5-3-12-9(16-5)14-8-11-4-6(10)7(13-8)15-2/h3-4H,1-2H3,(H,11,12,13,14). The molecule has 0 atom stereocenters. The van der Waals surface area contributed by atoms with Crippen LogP contribution in [0, 0.1) is 6.92 Å². The third-order valence-electron chi connectivity index (χ3n) is 1.75. The Labute approximate surface area is 105 Å². The predicted molar refractivity (Wildman–Crippen MR) is 66.4 cm³/mol. The van der Waals surface area contributed by atoms with Crippen LogP contribution in [0.1, 0.15) is 4.88 Å². The number of nitrogens with zero attached hydrogens (tertiary/aromatic N) is 3. The van der Waals surface area contributed by atoms with Crippen molar-refractivity contribution in [1.82, 2.24) is 15.0 Å². The zero-order valence-corrected chi connectivity index (χ0v) is 11.1. The molecule has 2 aromatic heterocycles. The van der Waals surface area contributed by atoms with Crippen LogP contribution in [0.5, 0.6) is 5.88 Å². The average Bonchev–Trinajstić information content (AvgIpc) is 2.67. The lowest BCUT2D eigenvalue weighted by Crippen LogP contribution is -1.98. The number of hydrogen-bond donors (Lipinski definition) is 1. The fourth-order valence-electron chi connectivity index (χ4n) is 1.06. The van der Waals surface area contributed by atoms with Crippen molar-refractivity contribution in [2.75, 3.05) is 12.4 Å². The Morgan fingerprint density at radius 1 is 1.38 bits per heavy atom. The van der Waals surface area contributed by atoms with E-state index in [1.807, 2.05) is 6.92 Å². The monoisotopic (exact) mass is 300 g/mol. The second-order valence-electron chi connectivity index (χ2n) is 2.95. The summed E-state index contributed by atoms with van der Waals surface area (Å²) in [5, 5.41) is 3.78. The van der Waals surface area contributed by atoms with Crippen LogP contribution in [0.15, 0.2) is 16.9 Å². The van der Waals surface area contributed by atoms with E-state index in [0.717, 1.165) is 14.5 Å². The van der Waals surface area contributed by atoms with E-state index < -0.39 is 0 Å². The molecule has 5 nitrogen and oxygen atoms in total. The molecule has 0 fully saturated rings. The lowest BCUT2D eigenvalue weighted by molar-refractivity contribution is 0.394. The van der Waals surface area contributed by atoms with Crippen LogP contribution in [-0.4, -0.2) is 22.1 Å². The number of anilines is 2. The molecule has 0 saturated heterocycles. The van der Waals surface area contributed by atoms with Gasteiger partial charge < -0.3 is 4.74 Å². The van der Waals surface area contributed by atoms with Gasteiger partial charge in [-0.25, -0.2) is 9.97 Å². The van der Waals surface area contributed by atoms with E-state index in [4.69, 9.17) is 4.74 Å². The molecular formula is C9H9BrN4OS. The summed E-state index contributed by atoms with van der Waals surface area (Å²) in [6.45, 7) is 1.99. The number of thiazole rings is 1. The van der Waals surface area contributed by atoms with Gasteiger partial charge in [0.1, 0.15) is 0 Å². The largest absolute Gasteiger partial charge is 0.480 e. The van der Waals surface area contributed by atoms with Crippen LogP contribution in [0.2, 0.25) is 0 Å². The second kappa shape index (κ2) is 4.75. The summed E-state index contributed by atoms with van der Waals surface area (Å²) >= 11 is 4.83. The summed E-state index contributed by atoms with van der Waals surface area (Å²) in [4.78, 5) is 13.6. The molecule has 0 aliphatic heterocycles. The minimum Gasteiger partial charge on any atom is -0.480 e. The highest BCUT2D eigenvalue weighted by atomic mass is 79.9. The molecule has 84 valence electrons. The molecule has 0 saturated carbocycles. The lowest BCUT2D eigenvalue weighted by atomic mass is 10.6. The van der Waals surface area contributed by atoms with Crippen LogP contribution >= 0.6 is 27.3 Å². The van der Waals surface area contributed by atoms with E-state index in [-0.39, 0.29) is 0 Å². The Balaban J connectivity index is 2.21. The van der Waals surface area contributed by atoms with E-state index in [1.54, 1.807) is 30.8 Å². The first-order valence-electron chi connectivity index (χ1n) is 4.45. The number of rotatable bonds is 3. The molecule has 0 aliphatic rings. The Bertz CT molecular complexity index is 502. The molecular weight excluding hydrogens is 292 g/mol. The third-order valence-corrected chi connectivity index (χ3v) is 3.12. The van der Waals surface area contributed by atoms with Gasteiger partial charge in [0.15, 0.2) is 5.13 Å². The van der Waals surface area contributed by atoms with Gasteiger partial charge >= 0.3 is 0 Å². The molecule has 0 amide bonds. The molecule has 0 spiro atoms. The Morgan fingerprint density at radius 3 is 2.81 bits per heavy atom. The molecule has 1 N–H and O–H groups in total.